The van der Waals surface area contributed by atoms with Crippen LogP contribution in [0.1, 0.15) is 50.8 Å². The molecule has 4 heteroatoms. The van der Waals surface area contributed by atoms with Crippen molar-refractivity contribution in [2.45, 2.75) is 57.5 Å². The largest absolute Gasteiger partial charge is 0.309 e. The molecule has 1 amide bonds. The summed E-state index contributed by atoms with van der Waals surface area (Å²) in [7, 11) is 2.21. The van der Waals surface area contributed by atoms with Crippen molar-refractivity contribution < 1.29 is 4.79 Å². The number of fused-ring (bicyclic) bond motifs is 1. The molecular formula is C24H31N3O. The summed E-state index contributed by atoms with van der Waals surface area (Å²) in [5.74, 6) is 0.437. The second kappa shape index (κ2) is 7.67. The molecule has 4 nitrogen and oxygen atoms in total. The quantitative estimate of drug-likeness (QED) is 0.792. The first-order chi connectivity index (χ1) is 13.5. The summed E-state index contributed by atoms with van der Waals surface area (Å²) in [4.78, 5) is 22.3. The highest BCUT2D eigenvalue weighted by Gasteiger charge is 2.41. The number of hydrogen-bond acceptors (Lipinski definition) is 3. The second-order valence-corrected chi connectivity index (χ2v) is 9.09. The summed E-state index contributed by atoms with van der Waals surface area (Å²) >= 11 is 0. The minimum Gasteiger partial charge on any atom is -0.309 e. The molecule has 0 saturated heterocycles. The van der Waals surface area contributed by atoms with E-state index in [2.05, 4.69) is 61.1 Å². The van der Waals surface area contributed by atoms with Gasteiger partial charge in [0.05, 0.1) is 11.4 Å². The first kappa shape index (κ1) is 19.1. The lowest BCUT2D eigenvalue weighted by molar-refractivity contribution is -0.123. The van der Waals surface area contributed by atoms with Gasteiger partial charge in [-0.2, -0.15) is 0 Å². The van der Waals surface area contributed by atoms with Crippen molar-refractivity contribution in [3.05, 3.63) is 59.9 Å². The SMILES string of the molecule is CN(Cc1ccccc1)[C@H]1CC[C@@H](C(=O)N2CC(C)(C)c3ncccc32)CC1. The molecule has 148 valence electrons. The van der Waals surface area contributed by atoms with E-state index in [9.17, 15) is 4.79 Å². The van der Waals surface area contributed by atoms with Crippen LogP contribution in [0.5, 0.6) is 0 Å². The van der Waals surface area contributed by atoms with Crippen LogP contribution in [0.15, 0.2) is 48.7 Å². The third kappa shape index (κ3) is 3.70. The van der Waals surface area contributed by atoms with Gasteiger partial charge in [-0.25, -0.2) is 0 Å². The molecule has 2 aliphatic rings. The number of benzene rings is 1. The number of rotatable bonds is 4. The van der Waals surface area contributed by atoms with Crippen LogP contribution in [0.2, 0.25) is 0 Å². The topological polar surface area (TPSA) is 36.4 Å². The molecule has 1 fully saturated rings. The van der Waals surface area contributed by atoms with Crippen LogP contribution in [0.3, 0.4) is 0 Å². The van der Waals surface area contributed by atoms with Gasteiger partial charge in [0.15, 0.2) is 0 Å². The number of nitrogens with zero attached hydrogens (tertiary/aromatic N) is 3. The monoisotopic (exact) mass is 377 g/mol. The van der Waals surface area contributed by atoms with Crippen molar-refractivity contribution >= 4 is 11.6 Å². The van der Waals surface area contributed by atoms with E-state index in [1.807, 2.05) is 23.2 Å². The highest BCUT2D eigenvalue weighted by atomic mass is 16.2. The number of hydrogen-bond donors (Lipinski definition) is 0. The Bertz CT molecular complexity index is 825. The molecule has 4 rings (SSSR count). The van der Waals surface area contributed by atoms with Gasteiger partial charge in [0, 0.05) is 36.7 Å². The van der Waals surface area contributed by atoms with E-state index in [4.69, 9.17) is 0 Å². The van der Waals surface area contributed by atoms with Crippen molar-refractivity contribution in [1.29, 1.82) is 0 Å². The summed E-state index contributed by atoms with van der Waals surface area (Å²) in [5.41, 5.74) is 3.35. The van der Waals surface area contributed by atoms with E-state index in [0.717, 1.165) is 50.2 Å². The van der Waals surface area contributed by atoms with E-state index < -0.39 is 0 Å². The lowest BCUT2D eigenvalue weighted by Gasteiger charge is -2.35. The maximum atomic E-state index is 13.3. The van der Waals surface area contributed by atoms with Crippen molar-refractivity contribution in [3.8, 4) is 0 Å². The molecule has 0 N–H and O–H groups in total. The van der Waals surface area contributed by atoms with Crippen molar-refractivity contribution in [2.24, 2.45) is 5.92 Å². The van der Waals surface area contributed by atoms with Crippen molar-refractivity contribution in [1.82, 2.24) is 9.88 Å². The molecule has 28 heavy (non-hydrogen) atoms. The maximum absolute atomic E-state index is 13.3. The molecule has 1 saturated carbocycles. The first-order valence-corrected chi connectivity index (χ1v) is 10.5. The molecule has 1 aliphatic carbocycles. The Labute approximate surface area is 168 Å². The fourth-order valence-corrected chi connectivity index (χ4v) is 4.87. The molecule has 0 radical (unpaired) electrons. The smallest absolute Gasteiger partial charge is 0.230 e. The lowest BCUT2D eigenvalue weighted by Crippen LogP contribution is -2.42. The predicted octanol–water partition coefficient (Wildman–Crippen LogP) is 4.40. The third-order valence-electron chi connectivity index (χ3n) is 6.48. The van der Waals surface area contributed by atoms with Crippen LogP contribution in [0.4, 0.5) is 5.69 Å². The Morgan fingerprint density at radius 1 is 1.11 bits per heavy atom. The molecule has 2 aromatic rings. The predicted molar refractivity (Wildman–Crippen MR) is 113 cm³/mol. The fourth-order valence-electron chi connectivity index (χ4n) is 4.87. The minimum atomic E-state index is -0.0701. The fraction of sp³-hybridized carbons (Fsp3) is 0.500. The van der Waals surface area contributed by atoms with E-state index in [-0.39, 0.29) is 11.3 Å². The highest BCUT2D eigenvalue weighted by Crippen LogP contribution is 2.40. The van der Waals surface area contributed by atoms with E-state index >= 15 is 0 Å². The van der Waals surface area contributed by atoms with Gasteiger partial charge in [0.1, 0.15) is 0 Å². The summed E-state index contributed by atoms with van der Waals surface area (Å²) in [5, 5.41) is 0. The summed E-state index contributed by atoms with van der Waals surface area (Å²) in [6, 6.07) is 15.2. The molecule has 1 aromatic carbocycles. The van der Waals surface area contributed by atoms with Gasteiger partial charge in [0.2, 0.25) is 5.91 Å². The molecule has 0 bridgehead atoms. The van der Waals surface area contributed by atoms with E-state index in [1.54, 1.807) is 0 Å². The number of amides is 1. The number of carbonyl (C=O) groups is 1. The molecule has 1 aromatic heterocycles. The van der Waals surface area contributed by atoms with E-state index in [1.165, 1.54) is 5.56 Å². The van der Waals surface area contributed by atoms with Gasteiger partial charge in [-0.3, -0.25) is 14.7 Å². The van der Waals surface area contributed by atoms with Crippen molar-refractivity contribution in [3.63, 3.8) is 0 Å². The second-order valence-electron chi connectivity index (χ2n) is 9.09. The Morgan fingerprint density at radius 2 is 1.82 bits per heavy atom. The third-order valence-corrected chi connectivity index (χ3v) is 6.48. The lowest BCUT2D eigenvalue weighted by atomic mass is 9.84. The summed E-state index contributed by atoms with van der Waals surface area (Å²) in [6.45, 7) is 6.08. The average molecular weight is 378 g/mol. The standard InChI is InChI=1S/C24H31N3O/c1-24(2)17-27(21-10-7-15-25-22(21)24)23(28)19-11-13-20(14-12-19)26(3)16-18-8-5-4-6-9-18/h4-10,15,19-20H,11-14,16-17H2,1-3H3/t19-,20+. The first-order valence-electron chi connectivity index (χ1n) is 10.5. The Hall–Kier alpha value is -2.20. The Kier molecular flexibility index (Phi) is 5.24. The van der Waals surface area contributed by atoms with Crippen LogP contribution in [0.25, 0.3) is 0 Å². The van der Waals surface area contributed by atoms with Gasteiger partial charge < -0.3 is 4.90 Å². The average Bonchev–Trinajstić information content (AvgIpc) is 3.00. The van der Waals surface area contributed by atoms with Crippen LogP contribution < -0.4 is 4.90 Å². The van der Waals surface area contributed by atoms with Gasteiger partial charge in [-0.15, -0.1) is 0 Å². The summed E-state index contributed by atoms with van der Waals surface area (Å²) in [6.07, 6.45) is 5.99. The Morgan fingerprint density at radius 3 is 2.54 bits per heavy atom. The van der Waals surface area contributed by atoms with Crippen LogP contribution in [-0.2, 0) is 16.8 Å². The van der Waals surface area contributed by atoms with Gasteiger partial charge in [0.25, 0.3) is 0 Å². The number of aromatic nitrogens is 1. The molecule has 0 atom stereocenters. The normalized spacial score (nSPS) is 23.6. The summed E-state index contributed by atoms with van der Waals surface area (Å²) < 4.78 is 0. The van der Waals surface area contributed by atoms with Crippen LogP contribution >= 0.6 is 0 Å². The number of carbonyl (C=O) groups excluding carboxylic acids is 1. The molecule has 0 unspecified atom stereocenters. The minimum absolute atomic E-state index is 0.0701. The van der Waals surface area contributed by atoms with Crippen LogP contribution in [-0.4, -0.2) is 35.4 Å². The Balaban J connectivity index is 1.37. The number of pyridine rings is 1. The van der Waals surface area contributed by atoms with Gasteiger partial charge in [-0.05, 0) is 50.4 Å². The van der Waals surface area contributed by atoms with E-state index in [0.29, 0.717) is 11.9 Å². The van der Waals surface area contributed by atoms with Gasteiger partial charge in [-0.1, -0.05) is 44.2 Å². The molecule has 2 heterocycles. The zero-order valence-electron chi connectivity index (χ0n) is 17.3. The van der Waals surface area contributed by atoms with Crippen LogP contribution in [0, 0.1) is 5.92 Å². The molecular weight excluding hydrogens is 346 g/mol. The number of anilines is 1. The zero-order valence-corrected chi connectivity index (χ0v) is 17.3. The van der Waals surface area contributed by atoms with Crippen molar-refractivity contribution in [2.75, 3.05) is 18.5 Å². The molecule has 1 aliphatic heterocycles. The zero-order chi connectivity index (χ0) is 19.7. The maximum Gasteiger partial charge on any atom is 0.230 e. The van der Waals surface area contributed by atoms with Gasteiger partial charge >= 0.3 is 0 Å². The molecule has 0 spiro atoms. The highest BCUT2D eigenvalue weighted by molar-refractivity contribution is 5.97.